The molecule has 0 saturated carbocycles. The van der Waals surface area contributed by atoms with Crippen LogP contribution in [-0.4, -0.2) is 42.3 Å². The average Bonchev–Trinajstić information content (AvgIpc) is 2.48. The van der Waals surface area contributed by atoms with Gasteiger partial charge in [0.1, 0.15) is 5.82 Å². The molecule has 1 aromatic rings. The molecule has 0 spiro atoms. The number of aromatic nitrogens is 1. The van der Waals surface area contributed by atoms with E-state index in [1.807, 2.05) is 0 Å². The summed E-state index contributed by atoms with van der Waals surface area (Å²) in [6, 6.07) is 1.56. The number of anilines is 1. The number of nitrogens with zero attached hydrogens (tertiary/aromatic N) is 3. The second-order valence-electron chi connectivity index (χ2n) is 5.29. The minimum absolute atomic E-state index is 0.126. The standard InChI is InChI=1S/C14H22N4O3/c1-11-10-16-14(9-13(11)18(19)20)17-6-3-12(4-7-17)21-8-2-5-15/h9-10,12H,2-8,15H2,1H3. The molecule has 1 fully saturated rings. The van der Waals surface area contributed by atoms with Crippen molar-refractivity contribution in [3.8, 4) is 0 Å². The summed E-state index contributed by atoms with van der Waals surface area (Å²) in [5, 5.41) is 11.0. The van der Waals surface area contributed by atoms with Gasteiger partial charge in [0.05, 0.1) is 17.1 Å². The van der Waals surface area contributed by atoms with Gasteiger partial charge in [-0.15, -0.1) is 0 Å². The highest BCUT2D eigenvalue weighted by Gasteiger charge is 2.22. The summed E-state index contributed by atoms with van der Waals surface area (Å²) in [5.74, 6) is 0.674. The Kier molecular flexibility index (Phi) is 5.46. The van der Waals surface area contributed by atoms with Crippen LogP contribution in [0, 0.1) is 17.0 Å². The fourth-order valence-corrected chi connectivity index (χ4v) is 2.46. The molecule has 0 atom stereocenters. The van der Waals surface area contributed by atoms with E-state index >= 15 is 0 Å². The molecule has 116 valence electrons. The van der Waals surface area contributed by atoms with E-state index in [0.717, 1.165) is 32.4 Å². The first-order valence-electron chi connectivity index (χ1n) is 7.29. The van der Waals surface area contributed by atoms with E-state index in [-0.39, 0.29) is 16.7 Å². The van der Waals surface area contributed by atoms with Gasteiger partial charge in [-0.3, -0.25) is 10.1 Å². The highest BCUT2D eigenvalue weighted by atomic mass is 16.6. The first-order valence-corrected chi connectivity index (χ1v) is 7.29. The maximum atomic E-state index is 11.0. The molecule has 0 unspecified atom stereocenters. The molecule has 1 aliphatic rings. The maximum Gasteiger partial charge on any atom is 0.277 e. The van der Waals surface area contributed by atoms with Crippen LogP contribution >= 0.6 is 0 Å². The van der Waals surface area contributed by atoms with Crippen molar-refractivity contribution in [3.05, 3.63) is 27.9 Å². The van der Waals surface area contributed by atoms with E-state index in [2.05, 4.69) is 9.88 Å². The second-order valence-corrected chi connectivity index (χ2v) is 5.29. The second kappa shape index (κ2) is 7.33. The van der Waals surface area contributed by atoms with Gasteiger partial charge in [0.15, 0.2) is 0 Å². The van der Waals surface area contributed by atoms with Crippen LogP contribution in [0.5, 0.6) is 0 Å². The first-order chi connectivity index (χ1) is 10.1. The smallest absolute Gasteiger partial charge is 0.277 e. The lowest BCUT2D eigenvalue weighted by molar-refractivity contribution is -0.385. The van der Waals surface area contributed by atoms with Gasteiger partial charge in [-0.25, -0.2) is 4.98 Å². The molecular weight excluding hydrogens is 272 g/mol. The quantitative estimate of drug-likeness (QED) is 0.487. The Hall–Kier alpha value is -1.73. The van der Waals surface area contributed by atoms with Gasteiger partial charge in [-0.2, -0.15) is 0 Å². The van der Waals surface area contributed by atoms with E-state index in [9.17, 15) is 10.1 Å². The molecule has 7 heteroatoms. The van der Waals surface area contributed by atoms with Gasteiger partial charge in [0.2, 0.25) is 0 Å². The summed E-state index contributed by atoms with van der Waals surface area (Å²) in [4.78, 5) is 17.0. The Morgan fingerprint density at radius 1 is 1.52 bits per heavy atom. The monoisotopic (exact) mass is 294 g/mol. The van der Waals surface area contributed by atoms with Gasteiger partial charge < -0.3 is 15.4 Å². The Morgan fingerprint density at radius 2 is 2.24 bits per heavy atom. The number of ether oxygens (including phenoxy) is 1. The summed E-state index contributed by atoms with van der Waals surface area (Å²) in [6.45, 7) is 4.67. The predicted octanol–water partition coefficient (Wildman–Crippen LogP) is 1.63. The summed E-state index contributed by atoms with van der Waals surface area (Å²) >= 11 is 0. The number of piperidine rings is 1. The number of nitrogens with two attached hydrogens (primary N) is 1. The van der Waals surface area contributed by atoms with Crippen LogP contribution in [0.4, 0.5) is 11.5 Å². The molecule has 0 bridgehead atoms. The third kappa shape index (κ3) is 4.12. The molecule has 1 aliphatic heterocycles. The molecule has 0 amide bonds. The van der Waals surface area contributed by atoms with Crippen molar-refractivity contribution in [2.75, 3.05) is 31.1 Å². The predicted molar refractivity (Wildman–Crippen MR) is 80.5 cm³/mol. The van der Waals surface area contributed by atoms with Crippen molar-refractivity contribution < 1.29 is 9.66 Å². The fraction of sp³-hybridized carbons (Fsp3) is 0.643. The zero-order valence-corrected chi connectivity index (χ0v) is 12.3. The fourth-order valence-electron chi connectivity index (χ4n) is 2.46. The molecule has 2 N–H and O–H groups in total. The van der Waals surface area contributed by atoms with Crippen LogP contribution in [0.15, 0.2) is 12.3 Å². The highest BCUT2D eigenvalue weighted by Crippen LogP contribution is 2.25. The van der Waals surface area contributed by atoms with Gasteiger partial charge >= 0.3 is 0 Å². The van der Waals surface area contributed by atoms with E-state index in [0.29, 0.717) is 24.5 Å². The third-order valence-electron chi connectivity index (χ3n) is 3.73. The molecule has 0 aromatic carbocycles. The molecule has 7 nitrogen and oxygen atoms in total. The number of hydrogen-bond donors (Lipinski definition) is 1. The maximum absolute atomic E-state index is 11.0. The lowest BCUT2D eigenvalue weighted by atomic mass is 10.1. The molecule has 0 radical (unpaired) electrons. The van der Waals surface area contributed by atoms with Crippen molar-refractivity contribution in [1.82, 2.24) is 4.98 Å². The van der Waals surface area contributed by atoms with Crippen LogP contribution < -0.4 is 10.6 Å². The highest BCUT2D eigenvalue weighted by molar-refractivity contribution is 5.50. The minimum atomic E-state index is -0.358. The van der Waals surface area contributed by atoms with E-state index in [1.165, 1.54) is 0 Å². The largest absolute Gasteiger partial charge is 0.378 e. The summed E-state index contributed by atoms with van der Waals surface area (Å²) < 4.78 is 5.75. The Balaban J connectivity index is 1.93. The van der Waals surface area contributed by atoms with E-state index in [1.54, 1.807) is 19.2 Å². The summed E-state index contributed by atoms with van der Waals surface area (Å²) in [6.07, 6.45) is 4.53. The molecule has 1 aromatic heterocycles. The van der Waals surface area contributed by atoms with Gasteiger partial charge in [-0.05, 0) is 32.7 Å². The SMILES string of the molecule is Cc1cnc(N2CCC(OCCCN)CC2)cc1[N+](=O)[O-]. The van der Waals surface area contributed by atoms with Gasteiger partial charge in [0.25, 0.3) is 5.69 Å². The van der Waals surface area contributed by atoms with E-state index in [4.69, 9.17) is 10.5 Å². The van der Waals surface area contributed by atoms with Crippen molar-refractivity contribution in [2.24, 2.45) is 5.73 Å². The van der Waals surface area contributed by atoms with Gasteiger partial charge in [-0.1, -0.05) is 0 Å². The topological polar surface area (TPSA) is 94.5 Å². The Morgan fingerprint density at radius 3 is 2.86 bits per heavy atom. The number of hydrogen-bond acceptors (Lipinski definition) is 6. The first kappa shape index (κ1) is 15.7. The number of nitro groups is 1. The minimum Gasteiger partial charge on any atom is -0.378 e. The van der Waals surface area contributed by atoms with Gasteiger partial charge in [0, 0.05) is 31.5 Å². The third-order valence-corrected chi connectivity index (χ3v) is 3.73. The number of pyridine rings is 1. The normalized spacial score (nSPS) is 16.2. The number of rotatable bonds is 6. The number of aryl methyl sites for hydroxylation is 1. The van der Waals surface area contributed by atoms with Crippen LogP contribution in [0.1, 0.15) is 24.8 Å². The van der Waals surface area contributed by atoms with E-state index < -0.39 is 0 Å². The zero-order chi connectivity index (χ0) is 15.2. The van der Waals surface area contributed by atoms with Crippen LogP contribution in [-0.2, 0) is 4.74 Å². The van der Waals surface area contributed by atoms with Crippen molar-refractivity contribution in [1.29, 1.82) is 0 Å². The van der Waals surface area contributed by atoms with Crippen LogP contribution in [0.25, 0.3) is 0 Å². The lowest BCUT2D eigenvalue weighted by Crippen LogP contribution is -2.37. The lowest BCUT2D eigenvalue weighted by Gasteiger charge is -2.32. The zero-order valence-electron chi connectivity index (χ0n) is 12.3. The molecule has 2 rings (SSSR count). The molecular formula is C14H22N4O3. The van der Waals surface area contributed by atoms with Crippen molar-refractivity contribution in [3.63, 3.8) is 0 Å². The molecule has 1 saturated heterocycles. The van der Waals surface area contributed by atoms with Crippen molar-refractivity contribution >= 4 is 11.5 Å². The van der Waals surface area contributed by atoms with Crippen LogP contribution in [0.3, 0.4) is 0 Å². The summed E-state index contributed by atoms with van der Waals surface area (Å²) in [7, 11) is 0. The molecule has 0 aliphatic carbocycles. The van der Waals surface area contributed by atoms with Crippen LogP contribution in [0.2, 0.25) is 0 Å². The Labute approximate surface area is 124 Å². The average molecular weight is 294 g/mol. The summed E-state index contributed by atoms with van der Waals surface area (Å²) in [5.41, 5.74) is 6.15. The van der Waals surface area contributed by atoms with Crippen molar-refractivity contribution in [2.45, 2.75) is 32.3 Å². The molecule has 21 heavy (non-hydrogen) atoms. The molecule has 2 heterocycles. The Bertz CT molecular complexity index is 487.